The molecular formula is C46H28N4O. The molecule has 4 aromatic heterocycles. The van der Waals surface area contributed by atoms with E-state index in [1.807, 2.05) is 73.1 Å². The molecule has 0 aliphatic heterocycles. The summed E-state index contributed by atoms with van der Waals surface area (Å²) in [4.78, 5) is 19.8. The highest BCUT2D eigenvalue weighted by Gasteiger charge is 2.18. The van der Waals surface area contributed by atoms with E-state index in [0.29, 0.717) is 5.82 Å². The van der Waals surface area contributed by atoms with Gasteiger partial charge in [-0.2, -0.15) is 0 Å². The Morgan fingerprint density at radius 3 is 1.67 bits per heavy atom. The van der Waals surface area contributed by atoms with Crippen LogP contribution in [0.25, 0.3) is 99.9 Å². The fourth-order valence-electron chi connectivity index (χ4n) is 7.23. The van der Waals surface area contributed by atoms with Gasteiger partial charge >= 0.3 is 0 Å². The van der Waals surface area contributed by atoms with Crippen molar-refractivity contribution in [3.05, 3.63) is 170 Å². The first-order valence-electron chi connectivity index (χ1n) is 17.0. The molecule has 0 spiro atoms. The second kappa shape index (κ2) is 11.9. The van der Waals surface area contributed by atoms with Crippen LogP contribution in [0.3, 0.4) is 0 Å². The molecule has 0 N–H and O–H groups in total. The molecule has 0 bridgehead atoms. The third-order valence-corrected chi connectivity index (χ3v) is 9.58. The van der Waals surface area contributed by atoms with E-state index < -0.39 is 0 Å². The topological polar surface area (TPSA) is 64.7 Å². The molecule has 10 rings (SSSR count). The van der Waals surface area contributed by atoms with Crippen molar-refractivity contribution in [2.24, 2.45) is 0 Å². The Hall–Kier alpha value is -6.98. The number of furan rings is 1. The lowest BCUT2D eigenvalue weighted by Crippen LogP contribution is -1.97. The van der Waals surface area contributed by atoms with Crippen LogP contribution in [-0.2, 0) is 0 Å². The van der Waals surface area contributed by atoms with Crippen molar-refractivity contribution in [3.63, 3.8) is 0 Å². The number of pyridine rings is 2. The largest absolute Gasteiger partial charge is 0.456 e. The number of benzene rings is 6. The lowest BCUT2D eigenvalue weighted by Gasteiger charge is -2.15. The van der Waals surface area contributed by atoms with Gasteiger partial charge in [0.1, 0.15) is 11.2 Å². The minimum Gasteiger partial charge on any atom is -0.456 e. The molecule has 0 saturated heterocycles. The van der Waals surface area contributed by atoms with Crippen LogP contribution in [0.2, 0.25) is 0 Å². The molecule has 4 heterocycles. The number of rotatable bonds is 5. The Morgan fingerprint density at radius 1 is 0.373 bits per heavy atom. The first kappa shape index (κ1) is 29.0. The summed E-state index contributed by atoms with van der Waals surface area (Å²) < 4.78 is 6.29. The van der Waals surface area contributed by atoms with E-state index in [4.69, 9.17) is 14.4 Å². The standard InChI is InChI=1S/C46H28N4O/c1-2-11-29(12-3-1)46-49-41(28-42(50-46)37-16-8-22-44-45(37)38-13-4-5-21-43(38)51-44)32-26-30(33-14-6-19-39-35(33)17-9-23-47-39)25-31(27-32)34-15-7-20-40-36(34)18-10-24-48-40/h1-28H. The highest BCUT2D eigenvalue weighted by Crippen LogP contribution is 2.40. The van der Waals surface area contributed by atoms with Crippen molar-refractivity contribution >= 4 is 43.7 Å². The minimum atomic E-state index is 0.656. The quantitative estimate of drug-likeness (QED) is 0.185. The average molecular weight is 653 g/mol. The maximum atomic E-state index is 6.29. The first-order valence-corrected chi connectivity index (χ1v) is 17.0. The summed E-state index contributed by atoms with van der Waals surface area (Å²) >= 11 is 0. The van der Waals surface area contributed by atoms with E-state index in [1.165, 1.54) is 0 Å². The van der Waals surface area contributed by atoms with Gasteiger partial charge in [0, 0.05) is 50.6 Å². The maximum Gasteiger partial charge on any atom is 0.160 e. The van der Waals surface area contributed by atoms with Crippen LogP contribution in [0.4, 0.5) is 0 Å². The Morgan fingerprint density at radius 2 is 0.941 bits per heavy atom. The molecule has 10 aromatic rings. The van der Waals surface area contributed by atoms with E-state index >= 15 is 0 Å². The van der Waals surface area contributed by atoms with E-state index in [0.717, 1.165) is 94.1 Å². The van der Waals surface area contributed by atoms with Crippen LogP contribution >= 0.6 is 0 Å². The SMILES string of the molecule is c1ccc(-c2nc(-c3cc(-c4cccc5ncccc45)cc(-c4cccc5ncccc45)c3)cc(-c3cccc4oc5ccccc5c34)n2)cc1. The van der Waals surface area contributed by atoms with Crippen molar-refractivity contribution in [1.82, 2.24) is 19.9 Å². The van der Waals surface area contributed by atoms with Crippen LogP contribution in [0.5, 0.6) is 0 Å². The minimum absolute atomic E-state index is 0.656. The van der Waals surface area contributed by atoms with Gasteiger partial charge in [-0.1, -0.05) is 97.1 Å². The van der Waals surface area contributed by atoms with E-state index in [1.54, 1.807) is 0 Å². The first-order chi connectivity index (χ1) is 25.3. The van der Waals surface area contributed by atoms with Gasteiger partial charge in [0.15, 0.2) is 5.82 Å². The monoisotopic (exact) mass is 652 g/mol. The summed E-state index contributed by atoms with van der Waals surface area (Å²) in [5.41, 5.74) is 12.5. The predicted octanol–water partition coefficient (Wildman–Crippen LogP) is 11.8. The average Bonchev–Trinajstić information content (AvgIpc) is 3.59. The fraction of sp³-hybridized carbons (Fsp3) is 0. The van der Waals surface area contributed by atoms with Gasteiger partial charge in [-0.15, -0.1) is 0 Å². The summed E-state index contributed by atoms with van der Waals surface area (Å²) in [7, 11) is 0. The second-order valence-electron chi connectivity index (χ2n) is 12.7. The van der Waals surface area contributed by atoms with Gasteiger partial charge in [-0.25, -0.2) is 9.97 Å². The molecule has 0 fully saturated rings. The third kappa shape index (κ3) is 5.03. The molecule has 5 heteroatoms. The number of nitrogens with zero attached hydrogens (tertiary/aromatic N) is 4. The second-order valence-corrected chi connectivity index (χ2v) is 12.7. The van der Waals surface area contributed by atoms with E-state index in [9.17, 15) is 0 Å². The van der Waals surface area contributed by atoms with Gasteiger partial charge in [-0.3, -0.25) is 9.97 Å². The van der Waals surface area contributed by atoms with Crippen molar-refractivity contribution < 1.29 is 4.42 Å². The highest BCUT2D eigenvalue weighted by atomic mass is 16.3. The summed E-state index contributed by atoms with van der Waals surface area (Å²) in [6.45, 7) is 0. The van der Waals surface area contributed by atoms with Gasteiger partial charge in [0.25, 0.3) is 0 Å². The lowest BCUT2D eigenvalue weighted by atomic mass is 9.91. The summed E-state index contributed by atoms with van der Waals surface area (Å²) in [5.74, 6) is 0.656. The number of hydrogen-bond donors (Lipinski definition) is 0. The fourth-order valence-corrected chi connectivity index (χ4v) is 7.23. The Bertz CT molecular complexity index is 2820. The predicted molar refractivity (Wildman–Crippen MR) is 207 cm³/mol. The number of aromatic nitrogens is 4. The summed E-state index contributed by atoms with van der Waals surface area (Å²) in [6, 6.07) is 54.3. The number of fused-ring (bicyclic) bond motifs is 5. The van der Waals surface area contributed by atoms with Crippen LogP contribution in [0.1, 0.15) is 0 Å². The maximum absolute atomic E-state index is 6.29. The van der Waals surface area contributed by atoms with E-state index in [-0.39, 0.29) is 0 Å². The molecule has 0 radical (unpaired) electrons. The Labute approximate surface area is 293 Å². The van der Waals surface area contributed by atoms with Crippen LogP contribution in [0.15, 0.2) is 175 Å². The molecule has 238 valence electrons. The molecule has 0 aliphatic carbocycles. The molecule has 0 aliphatic rings. The summed E-state index contributed by atoms with van der Waals surface area (Å²) in [5, 5.41) is 4.28. The Kier molecular flexibility index (Phi) is 6.74. The van der Waals surface area contributed by atoms with Crippen LogP contribution < -0.4 is 0 Å². The molecule has 51 heavy (non-hydrogen) atoms. The zero-order valence-corrected chi connectivity index (χ0v) is 27.4. The zero-order valence-electron chi connectivity index (χ0n) is 27.4. The van der Waals surface area contributed by atoms with Gasteiger partial charge in [0.05, 0.1) is 22.4 Å². The van der Waals surface area contributed by atoms with Gasteiger partial charge in [0.2, 0.25) is 0 Å². The van der Waals surface area contributed by atoms with Gasteiger partial charge in [-0.05, 0) is 82.9 Å². The van der Waals surface area contributed by atoms with E-state index in [2.05, 4.69) is 107 Å². The van der Waals surface area contributed by atoms with Crippen molar-refractivity contribution in [3.8, 4) is 56.2 Å². The third-order valence-electron chi connectivity index (χ3n) is 9.58. The summed E-state index contributed by atoms with van der Waals surface area (Å²) in [6.07, 6.45) is 3.68. The highest BCUT2D eigenvalue weighted by molar-refractivity contribution is 6.12. The zero-order chi connectivity index (χ0) is 33.7. The normalized spacial score (nSPS) is 11.5. The molecule has 0 unspecified atom stereocenters. The Balaban J connectivity index is 1.27. The number of para-hydroxylation sites is 1. The van der Waals surface area contributed by atoms with Crippen molar-refractivity contribution in [2.75, 3.05) is 0 Å². The molecule has 0 atom stereocenters. The molecule has 0 amide bonds. The lowest BCUT2D eigenvalue weighted by molar-refractivity contribution is 0.669. The van der Waals surface area contributed by atoms with Crippen LogP contribution in [0, 0.1) is 0 Å². The molecule has 0 saturated carbocycles. The smallest absolute Gasteiger partial charge is 0.160 e. The van der Waals surface area contributed by atoms with Crippen molar-refractivity contribution in [2.45, 2.75) is 0 Å². The van der Waals surface area contributed by atoms with Gasteiger partial charge < -0.3 is 4.42 Å². The molecule has 6 aromatic carbocycles. The number of hydrogen-bond acceptors (Lipinski definition) is 5. The van der Waals surface area contributed by atoms with Crippen molar-refractivity contribution in [1.29, 1.82) is 0 Å². The molecular weight excluding hydrogens is 625 g/mol. The van der Waals surface area contributed by atoms with Crippen LogP contribution in [-0.4, -0.2) is 19.9 Å². The molecule has 5 nitrogen and oxygen atoms in total.